The number of nitrogens with one attached hydrogen (secondary N) is 1. The first-order chi connectivity index (χ1) is 9.05. The highest BCUT2D eigenvalue weighted by Crippen LogP contribution is 2.22. The summed E-state index contributed by atoms with van der Waals surface area (Å²) in [4.78, 5) is 0.149. The van der Waals surface area contributed by atoms with E-state index < -0.39 is 10.0 Å². The van der Waals surface area contributed by atoms with E-state index in [9.17, 15) is 13.5 Å². The lowest BCUT2D eigenvalue weighted by Crippen LogP contribution is -2.24. The number of hydrogen-bond donors (Lipinski definition) is 2. The summed E-state index contributed by atoms with van der Waals surface area (Å²) in [5, 5.41) is 9.25. The molecule has 1 rings (SSSR count). The Bertz CT molecular complexity index is 499. The largest absolute Gasteiger partial charge is 0.494 e. The normalized spacial score (nSPS) is 11.5. The first-order valence-corrected chi connectivity index (χ1v) is 7.89. The van der Waals surface area contributed by atoms with E-state index in [0.717, 1.165) is 12.8 Å². The Kier molecular flexibility index (Phi) is 6.27. The van der Waals surface area contributed by atoms with Crippen LogP contribution in [0.25, 0.3) is 0 Å². The molecule has 1 aromatic carbocycles. The molecule has 0 aliphatic carbocycles. The van der Waals surface area contributed by atoms with Crippen molar-refractivity contribution in [3.05, 3.63) is 23.8 Å². The molecule has 1 aromatic rings. The maximum absolute atomic E-state index is 12.0. The quantitative estimate of drug-likeness (QED) is 0.713. The van der Waals surface area contributed by atoms with Crippen LogP contribution in [0.1, 0.15) is 32.3 Å². The fourth-order valence-electron chi connectivity index (χ4n) is 1.61. The van der Waals surface area contributed by atoms with Crippen molar-refractivity contribution in [2.24, 2.45) is 0 Å². The van der Waals surface area contributed by atoms with Gasteiger partial charge < -0.3 is 9.84 Å². The summed E-state index contributed by atoms with van der Waals surface area (Å²) in [6.07, 6.45) is 1.72. The Labute approximate surface area is 114 Å². The van der Waals surface area contributed by atoms with Crippen LogP contribution in [-0.2, 0) is 16.6 Å². The molecule has 6 heteroatoms. The van der Waals surface area contributed by atoms with Gasteiger partial charge in [0.1, 0.15) is 5.75 Å². The van der Waals surface area contributed by atoms with Crippen LogP contribution in [0.3, 0.4) is 0 Å². The van der Waals surface area contributed by atoms with Gasteiger partial charge in [0.2, 0.25) is 10.0 Å². The Morgan fingerprint density at radius 1 is 1.32 bits per heavy atom. The Balaban J connectivity index is 2.94. The third-order valence-electron chi connectivity index (χ3n) is 2.63. The molecule has 0 saturated carbocycles. The van der Waals surface area contributed by atoms with Gasteiger partial charge in [-0.15, -0.1) is 0 Å². The minimum Gasteiger partial charge on any atom is -0.494 e. The fraction of sp³-hybridized carbons (Fsp3) is 0.538. The minimum absolute atomic E-state index is 0.149. The van der Waals surface area contributed by atoms with Gasteiger partial charge in [-0.1, -0.05) is 13.3 Å². The summed E-state index contributed by atoms with van der Waals surface area (Å²) in [7, 11) is -3.51. The minimum atomic E-state index is -3.51. The van der Waals surface area contributed by atoms with Gasteiger partial charge in [-0.05, 0) is 31.5 Å². The lowest BCUT2D eigenvalue weighted by Gasteiger charge is -2.11. The molecular formula is C13H21NO4S. The van der Waals surface area contributed by atoms with Gasteiger partial charge in [0.05, 0.1) is 18.1 Å². The van der Waals surface area contributed by atoms with Crippen molar-refractivity contribution < 1.29 is 18.3 Å². The van der Waals surface area contributed by atoms with Gasteiger partial charge >= 0.3 is 0 Å². The van der Waals surface area contributed by atoms with Gasteiger partial charge in [-0.2, -0.15) is 0 Å². The van der Waals surface area contributed by atoms with Gasteiger partial charge in [-0.3, -0.25) is 0 Å². The maximum Gasteiger partial charge on any atom is 0.240 e. The third-order valence-corrected chi connectivity index (χ3v) is 4.09. The van der Waals surface area contributed by atoms with Crippen LogP contribution in [0.15, 0.2) is 23.1 Å². The standard InChI is InChI=1S/C13H21NO4S/c1-3-5-8-14-19(16,17)12-6-7-13(18-4-2)11(9-12)10-15/h6-7,9,14-15H,3-5,8,10H2,1-2H3. The van der Waals surface area contributed by atoms with Crippen molar-refractivity contribution in [3.8, 4) is 5.75 Å². The van der Waals surface area contributed by atoms with Gasteiger partial charge in [0.15, 0.2) is 0 Å². The molecule has 0 unspecified atom stereocenters. The third kappa shape index (κ3) is 4.49. The maximum atomic E-state index is 12.0. The highest BCUT2D eigenvalue weighted by Gasteiger charge is 2.15. The van der Waals surface area contributed by atoms with Crippen LogP contribution >= 0.6 is 0 Å². The smallest absolute Gasteiger partial charge is 0.240 e. The molecule has 0 atom stereocenters. The number of aliphatic hydroxyl groups is 1. The van der Waals surface area contributed by atoms with Gasteiger partial charge in [-0.25, -0.2) is 13.1 Å². The molecule has 0 aliphatic heterocycles. The summed E-state index contributed by atoms with van der Waals surface area (Å²) in [5.74, 6) is 0.512. The van der Waals surface area contributed by atoms with Crippen LogP contribution in [-0.4, -0.2) is 26.7 Å². The molecule has 0 heterocycles. The van der Waals surface area contributed by atoms with Crippen LogP contribution in [0.4, 0.5) is 0 Å². The fourth-order valence-corrected chi connectivity index (χ4v) is 2.73. The number of ether oxygens (including phenoxy) is 1. The second-order valence-corrected chi connectivity index (χ2v) is 5.88. The van der Waals surface area contributed by atoms with Gasteiger partial charge in [0, 0.05) is 12.1 Å². The highest BCUT2D eigenvalue weighted by molar-refractivity contribution is 7.89. The van der Waals surface area contributed by atoms with E-state index in [-0.39, 0.29) is 11.5 Å². The van der Waals surface area contributed by atoms with Crippen LogP contribution in [0.5, 0.6) is 5.75 Å². The molecule has 19 heavy (non-hydrogen) atoms. The summed E-state index contributed by atoms with van der Waals surface area (Å²) in [5.41, 5.74) is 0.472. The SMILES string of the molecule is CCCCNS(=O)(=O)c1ccc(OCC)c(CO)c1. The Morgan fingerprint density at radius 2 is 2.05 bits per heavy atom. The Morgan fingerprint density at radius 3 is 2.63 bits per heavy atom. The van der Waals surface area contributed by atoms with E-state index in [0.29, 0.717) is 24.5 Å². The summed E-state index contributed by atoms with van der Waals surface area (Å²) in [6, 6.07) is 4.50. The predicted molar refractivity (Wildman–Crippen MR) is 73.6 cm³/mol. The first-order valence-electron chi connectivity index (χ1n) is 6.41. The predicted octanol–water partition coefficient (Wildman–Crippen LogP) is 1.66. The zero-order valence-corrected chi connectivity index (χ0v) is 12.2. The Hall–Kier alpha value is -1.11. The molecular weight excluding hydrogens is 266 g/mol. The number of rotatable bonds is 8. The number of hydrogen-bond acceptors (Lipinski definition) is 4. The number of aliphatic hydroxyl groups excluding tert-OH is 1. The van der Waals surface area contributed by atoms with Crippen molar-refractivity contribution in [2.75, 3.05) is 13.2 Å². The van der Waals surface area contributed by atoms with Crippen LogP contribution in [0.2, 0.25) is 0 Å². The summed E-state index contributed by atoms with van der Waals surface area (Å²) >= 11 is 0. The molecule has 0 aromatic heterocycles. The van der Waals surface area contributed by atoms with Crippen LogP contribution in [0, 0.1) is 0 Å². The first kappa shape index (κ1) is 15.9. The van der Waals surface area contributed by atoms with Crippen molar-refractivity contribution >= 4 is 10.0 Å². The molecule has 0 aliphatic rings. The highest BCUT2D eigenvalue weighted by atomic mass is 32.2. The molecule has 5 nitrogen and oxygen atoms in total. The van der Waals surface area contributed by atoms with E-state index in [1.165, 1.54) is 12.1 Å². The molecule has 2 N–H and O–H groups in total. The number of unbranched alkanes of at least 4 members (excludes halogenated alkanes) is 1. The second-order valence-electron chi connectivity index (χ2n) is 4.11. The van der Waals surface area contributed by atoms with Crippen molar-refractivity contribution in [3.63, 3.8) is 0 Å². The monoisotopic (exact) mass is 287 g/mol. The van der Waals surface area contributed by atoms with Crippen molar-refractivity contribution in [1.29, 1.82) is 0 Å². The van der Waals surface area contributed by atoms with E-state index in [4.69, 9.17) is 4.74 Å². The topological polar surface area (TPSA) is 75.6 Å². The van der Waals surface area contributed by atoms with E-state index in [1.807, 2.05) is 13.8 Å². The summed E-state index contributed by atoms with van der Waals surface area (Å²) < 4.78 is 31.9. The molecule has 0 radical (unpaired) electrons. The molecule has 0 saturated heterocycles. The van der Waals surface area contributed by atoms with E-state index in [2.05, 4.69) is 4.72 Å². The molecule has 0 fully saturated rings. The van der Waals surface area contributed by atoms with Crippen LogP contribution < -0.4 is 9.46 Å². The zero-order valence-electron chi connectivity index (χ0n) is 11.3. The lowest BCUT2D eigenvalue weighted by molar-refractivity contribution is 0.266. The van der Waals surface area contributed by atoms with E-state index >= 15 is 0 Å². The molecule has 0 amide bonds. The molecule has 108 valence electrons. The number of sulfonamides is 1. The summed E-state index contributed by atoms with van der Waals surface area (Å²) in [6.45, 7) is 4.45. The van der Waals surface area contributed by atoms with E-state index in [1.54, 1.807) is 6.07 Å². The number of benzene rings is 1. The average molecular weight is 287 g/mol. The van der Waals surface area contributed by atoms with Crippen molar-refractivity contribution in [1.82, 2.24) is 4.72 Å². The molecule has 0 spiro atoms. The van der Waals surface area contributed by atoms with Crippen molar-refractivity contribution in [2.45, 2.75) is 38.2 Å². The average Bonchev–Trinajstić information content (AvgIpc) is 2.39. The molecule has 0 bridgehead atoms. The zero-order chi connectivity index (χ0) is 14.3. The lowest BCUT2D eigenvalue weighted by atomic mass is 10.2. The van der Waals surface area contributed by atoms with Gasteiger partial charge in [0.25, 0.3) is 0 Å². The second kappa shape index (κ2) is 7.47.